The van der Waals surface area contributed by atoms with Crippen molar-refractivity contribution in [3.05, 3.63) is 59.2 Å². The molecule has 3 nitrogen and oxygen atoms in total. The van der Waals surface area contributed by atoms with Crippen LogP contribution in [0.1, 0.15) is 23.1 Å². The van der Waals surface area contributed by atoms with Crippen molar-refractivity contribution in [2.24, 2.45) is 0 Å². The van der Waals surface area contributed by atoms with E-state index in [9.17, 15) is 0 Å². The molecule has 0 saturated heterocycles. The molecule has 136 valence electrons. The van der Waals surface area contributed by atoms with Crippen molar-refractivity contribution in [1.82, 2.24) is 9.88 Å². The Morgan fingerprint density at radius 2 is 1.65 bits per heavy atom. The third kappa shape index (κ3) is 4.23. The van der Waals surface area contributed by atoms with Gasteiger partial charge in [0.05, 0.1) is 12.1 Å². The highest BCUT2D eigenvalue weighted by molar-refractivity contribution is 5.89. The molecular weight excluding hydrogens is 320 g/mol. The Labute approximate surface area is 156 Å². The summed E-state index contributed by atoms with van der Waals surface area (Å²) in [4.78, 5) is 7.05. The molecule has 0 aliphatic heterocycles. The smallest absolute Gasteiger partial charge is 0.221 e. The van der Waals surface area contributed by atoms with E-state index < -0.39 is 0 Å². The Kier molecular flexibility index (Phi) is 5.58. The fourth-order valence-corrected chi connectivity index (χ4v) is 3.21. The van der Waals surface area contributed by atoms with Crippen LogP contribution in [0.3, 0.4) is 0 Å². The number of rotatable bonds is 6. The molecular formula is C23H28N2O. The molecule has 0 amide bonds. The minimum atomic E-state index is 0.667. The Bertz CT molecular complexity index is 898. The molecule has 1 heterocycles. The van der Waals surface area contributed by atoms with E-state index in [1.165, 1.54) is 22.1 Å². The third-order valence-corrected chi connectivity index (χ3v) is 4.60. The summed E-state index contributed by atoms with van der Waals surface area (Å²) in [6.45, 7) is 8.03. The van der Waals surface area contributed by atoms with Crippen molar-refractivity contribution < 1.29 is 4.74 Å². The number of aryl methyl sites for hydroxylation is 3. The van der Waals surface area contributed by atoms with Gasteiger partial charge in [0.1, 0.15) is 0 Å². The van der Waals surface area contributed by atoms with Crippen LogP contribution >= 0.6 is 0 Å². The first-order valence-corrected chi connectivity index (χ1v) is 9.20. The molecule has 0 N–H and O–H groups in total. The van der Waals surface area contributed by atoms with Gasteiger partial charge in [-0.3, -0.25) is 0 Å². The molecule has 0 radical (unpaired) electrons. The fraction of sp³-hybridized carbons (Fsp3) is 0.348. The molecule has 1 aromatic heterocycles. The average molecular weight is 348 g/mol. The summed E-state index contributed by atoms with van der Waals surface area (Å²) in [7, 11) is 4.16. The number of pyridine rings is 1. The highest BCUT2D eigenvalue weighted by Gasteiger charge is 2.12. The van der Waals surface area contributed by atoms with Gasteiger partial charge in [0, 0.05) is 17.5 Å². The Hall–Kier alpha value is -2.39. The van der Waals surface area contributed by atoms with Crippen LogP contribution in [0.25, 0.3) is 22.0 Å². The normalized spacial score (nSPS) is 11.3. The summed E-state index contributed by atoms with van der Waals surface area (Å²) in [6, 6.07) is 15.1. The summed E-state index contributed by atoms with van der Waals surface area (Å²) in [5, 5.41) is 1.19. The molecule has 0 aliphatic carbocycles. The van der Waals surface area contributed by atoms with E-state index in [1.54, 1.807) is 0 Å². The minimum Gasteiger partial charge on any atom is -0.477 e. The van der Waals surface area contributed by atoms with E-state index in [-0.39, 0.29) is 0 Å². The standard InChI is InChI=1S/C23H28N2O/c1-16-7-9-19(10-8-16)21-15-20-18(3)13-17(2)14-22(20)24-23(21)26-12-6-11-25(4)5/h7-10,13-15H,6,11-12H2,1-5H3. The molecule has 3 aromatic rings. The minimum absolute atomic E-state index is 0.667. The predicted octanol–water partition coefficient (Wildman–Crippen LogP) is 5.16. The predicted molar refractivity (Wildman–Crippen MR) is 110 cm³/mol. The van der Waals surface area contributed by atoms with Gasteiger partial charge in [-0.1, -0.05) is 35.9 Å². The first kappa shape index (κ1) is 18.4. The maximum atomic E-state index is 6.12. The van der Waals surface area contributed by atoms with Crippen molar-refractivity contribution in [2.45, 2.75) is 27.2 Å². The van der Waals surface area contributed by atoms with Gasteiger partial charge in [-0.15, -0.1) is 0 Å². The van der Waals surface area contributed by atoms with Gasteiger partial charge in [0.2, 0.25) is 5.88 Å². The number of ether oxygens (including phenoxy) is 1. The quantitative estimate of drug-likeness (QED) is 0.576. The van der Waals surface area contributed by atoms with Crippen molar-refractivity contribution in [3.8, 4) is 17.0 Å². The Morgan fingerprint density at radius 3 is 2.35 bits per heavy atom. The van der Waals surface area contributed by atoms with Crippen LogP contribution in [-0.4, -0.2) is 37.1 Å². The van der Waals surface area contributed by atoms with Crippen LogP contribution in [0, 0.1) is 20.8 Å². The molecule has 0 spiro atoms. The molecule has 0 fully saturated rings. The van der Waals surface area contributed by atoms with E-state index in [1.807, 2.05) is 0 Å². The average Bonchev–Trinajstić information content (AvgIpc) is 2.58. The van der Waals surface area contributed by atoms with Gasteiger partial charge in [-0.2, -0.15) is 0 Å². The summed E-state index contributed by atoms with van der Waals surface area (Å²) >= 11 is 0. The third-order valence-electron chi connectivity index (χ3n) is 4.60. The van der Waals surface area contributed by atoms with Gasteiger partial charge in [-0.05, 0) is 70.1 Å². The maximum absolute atomic E-state index is 6.12. The van der Waals surface area contributed by atoms with E-state index in [0.29, 0.717) is 6.61 Å². The number of hydrogen-bond donors (Lipinski definition) is 0. The monoisotopic (exact) mass is 348 g/mol. The highest BCUT2D eigenvalue weighted by Crippen LogP contribution is 2.33. The zero-order chi connectivity index (χ0) is 18.7. The van der Waals surface area contributed by atoms with Crippen molar-refractivity contribution in [1.29, 1.82) is 0 Å². The van der Waals surface area contributed by atoms with Gasteiger partial charge >= 0.3 is 0 Å². The lowest BCUT2D eigenvalue weighted by Crippen LogP contribution is -2.15. The zero-order valence-electron chi connectivity index (χ0n) is 16.5. The molecule has 26 heavy (non-hydrogen) atoms. The van der Waals surface area contributed by atoms with Gasteiger partial charge in [0.25, 0.3) is 0 Å². The van der Waals surface area contributed by atoms with Crippen molar-refractivity contribution in [2.75, 3.05) is 27.2 Å². The summed E-state index contributed by atoms with van der Waals surface area (Å²) in [6.07, 6.45) is 0.979. The second kappa shape index (κ2) is 7.88. The Balaban J connectivity index is 2.03. The first-order valence-electron chi connectivity index (χ1n) is 9.20. The van der Waals surface area contributed by atoms with Gasteiger partial charge in [-0.25, -0.2) is 4.98 Å². The van der Waals surface area contributed by atoms with E-state index in [0.717, 1.165) is 35.5 Å². The van der Waals surface area contributed by atoms with Crippen LogP contribution in [0.15, 0.2) is 42.5 Å². The van der Waals surface area contributed by atoms with Crippen LogP contribution < -0.4 is 4.74 Å². The van der Waals surface area contributed by atoms with Gasteiger partial charge < -0.3 is 9.64 Å². The molecule has 0 aliphatic rings. The molecule has 3 heteroatoms. The number of aromatic nitrogens is 1. The number of benzene rings is 2. The van der Waals surface area contributed by atoms with Crippen LogP contribution in [0.2, 0.25) is 0 Å². The second-order valence-electron chi connectivity index (χ2n) is 7.36. The molecule has 3 rings (SSSR count). The zero-order valence-corrected chi connectivity index (χ0v) is 16.5. The van der Waals surface area contributed by atoms with Crippen LogP contribution in [-0.2, 0) is 0 Å². The number of hydrogen-bond acceptors (Lipinski definition) is 3. The number of fused-ring (bicyclic) bond motifs is 1. The fourth-order valence-electron chi connectivity index (χ4n) is 3.21. The lowest BCUT2D eigenvalue weighted by atomic mass is 10.00. The Morgan fingerprint density at radius 1 is 0.923 bits per heavy atom. The summed E-state index contributed by atoms with van der Waals surface area (Å²) < 4.78 is 6.12. The summed E-state index contributed by atoms with van der Waals surface area (Å²) in [5.41, 5.74) is 6.94. The molecule has 0 unspecified atom stereocenters. The lowest BCUT2D eigenvalue weighted by Gasteiger charge is -2.15. The lowest BCUT2D eigenvalue weighted by molar-refractivity contribution is 0.275. The molecule has 0 saturated carbocycles. The topological polar surface area (TPSA) is 25.4 Å². The van der Waals surface area contributed by atoms with E-state index in [4.69, 9.17) is 9.72 Å². The van der Waals surface area contributed by atoms with Crippen molar-refractivity contribution >= 4 is 10.9 Å². The molecule has 0 atom stereocenters. The van der Waals surface area contributed by atoms with Crippen molar-refractivity contribution in [3.63, 3.8) is 0 Å². The van der Waals surface area contributed by atoms with Crippen LogP contribution in [0.4, 0.5) is 0 Å². The van der Waals surface area contributed by atoms with E-state index >= 15 is 0 Å². The molecule has 0 bridgehead atoms. The number of nitrogens with zero attached hydrogens (tertiary/aromatic N) is 2. The largest absolute Gasteiger partial charge is 0.477 e. The second-order valence-corrected chi connectivity index (χ2v) is 7.36. The van der Waals surface area contributed by atoms with Gasteiger partial charge in [0.15, 0.2) is 0 Å². The first-order chi connectivity index (χ1) is 12.4. The summed E-state index contributed by atoms with van der Waals surface area (Å²) in [5.74, 6) is 0.727. The van der Waals surface area contributed by atoms with E-state index in [2.05, 4.69) is 82.2 Å². The SMILES string of the molecule is Cc1ccc(-c2cc3c(C)cc(C)cc3nc2OCCCN(C)C)cc1. The highest BCUT2D eigenvalue weighted by atomic mass is 16.5. The van der Waals surface area contributed by atoms with Crippen LogP contribution in [0.5, 0.6) is 5.88 Å². The molecule has 2 aromatic carbocycles. The maximum Gasteiger partial charge on any atom is 0.221 e.